The number of rotatable bonds is 8. The van der Waals surface area contributed by atoms with Crippen molar-refractivity contribution in [2.45, 2.75) is 86.4 Å². The average Bonchev–Trinajstić information content (AvgIpc) is 2.78. The zero-order chi connectivity index (χ0) is 27.5. The standard InChI is InChI=1S/C30H42N2O5/c1-9-36-23(33)18-21-10-12-22(13-11-21)24-19(2)31-20(3)25(27(28(34)35)37-29(4,5)6)26(24)32-16-14-30(7,8)15-17-32/h10-13,27H,9,14-18H2,1-8H3,(H,34,35)/t27-/m0/s1. The highest BCUT2D eigenvalue weighted by Crippen LogP contribution is 2.44. The second-order valence-electron chi connectivity index (χ2n) is 11.7. The van der Waals surface area contributed by atoms with Crippen molar-refractivity contribution in [1.82, 2.24) is 4.98 Å². The van der Waals surface area contributed by atoms with E-state index in [1.807, 2.05) is 58.9 Å². The number of aliphatic carboxylic acids is 1. The fourth-order valence-corrected chi connectivity index (χ4v) is 4.92. The Hall–Kier alpha value is -2.93. The van der Waals surface area contributed by atoms with Gasteiger partial charge in [-0.05, 0) is 70.9 Å². The van der Waals surface area contributed by atoms with Crippen LogP contribution in [0, 0.1) is 19.3 Å². The normalized spacial score (nSPS) is 16.4. The van der Waals surface area contributed by atoms with Crippen molar-refractivity contribution in [2.24, 2.45) is 5.41 Å². The first-order valence-electron chi connectivity index (χ1n) is 13.1. The third kappa shape index (κ3) is 7.10. The Kier molecular flexibility index (Phi) is 8.68. The van der Waals surface area contributed by atoms with Crippen LogP contribution in [0.1, 0.15) is 83.0 Å². The SMILES string of the molecule is CCOC(=O)Cc1ccc(-c2c(C)nc(C)c([C@H](OC(C)(C)C)C(=O)O)c2N2CCC(C)(C)CC2)cc1. The van der Waals surface area contributed by atoms with Gasteiger partial charge < -0.3 is 19.5 Å². The van der Waals surface area contributed by atoms with Crippen molar-refractivity contribution in [1.29, 1.82) is 0 Å². The van der Waals surface area contributed by atoms with E-state index >= 15 is 0 Å². The van der Waals surface area contributed by atoms with E-state index in [1.165, 1.54) is 0 Å². The number of carboxylic acids is 1. The number of hydrogen-bond acceptors (Lipinski definition) is 6. The number of aromatic nitrogens is 1. The monoisotopic (exact) mass is 510 g/mol. The summed E-state index contributed by atoms with van der Waals surface area (Å²) >= 11 is 0. The van der Waals surface area contributed by atoms with Crippen LogP contribution in [-0.4, -0.2) is 47.3 Å². The highest BCUT2D eigenvalue weighted by atomic mass is 16.5. The zero-order valence-electron chi connectivity index (χ0n) is 23.6. The van der Waals surface area contributed by atoms with Gasteiger partial charge in [-0.3, -0.25) is 9.78 Å². The molecule has 1 aromatic carbocycles. The summed E-state index contributed by atoms with van der Waals surface area (Å²) in [5.41, 5.74) is 5.27. The molecule has 1 atom stereocenters. The number of anilines is 1. The van der Waals surface area contributed by atoms with Crippen molar-refractivity contribution in [3.05, 3.63) is 46.8 Å². The number of ether oxygens (including phenoxy) is 2. The molecule has 1 saturated heterocycles. The number of pyridine rings is 1. The minimum absolute atomic E-state index is 0.207. The molecule has 0 aliphatic carbocycles. The van der Waals surface area contributed by atoms with Crippen LogP contribution in [0.4, 0.5) is 5.69 Å². The number of carbonyl (C=O) groups excluding carboxylic acids is 1. The molecule has 1 fully saturated rings. The highest BCUT2D eigenvalue weighted by molar-refractivity contribution is 5.88. The summed E-state index contributed by atoms with van der Waals surface area (Å²) in [4.78, 5) is 31.7. The van der Waals surface area contributed by atoms with Gasteiger partial charge in [0.25, 0.3) is 0 Å². The van der Waals surface area contributed by atoms with E-state index in [9.17, 15) is 14.7 Å². The lowest BCUT2D eigenvalue weighted by atomic mass is 9.81. The number of carbonyl (C=O) groups is 2. The van der Waals surface area contributed by atoms with Crippen molar-refractivity contribution in [2.75, 3.05) is 24.6 Å². The van der Waals surface area contributed by atoms with Gasteiger partial charge in [0, 0.05) is 35.6 Å². The first-order valence-corrected chi connectivity index (χ1v) is 13.1. The van der Waals surface area contributed by atoms with Gasteiger partial charge in [0.1, 0.15) is 0 Å². The van der Waals surface area contributed by atoms with Gasteiger partial charge in [0.15, 0.2) is 6.10 Å². The maximum atomic E-state index is 12.6. The van der Waals surface area contributed by atoms with Crippen LogP contribution in [-0.2, 0) is 25.5 Å². The summed E-state index contributed by atoms with van der Waals surface area (Å²) in [7, 11) is 0. The minimum Gasteiger partial charge on any atom is -0.479 e. The third-order valence-corrected chi connectivity index (χ3v) is 6.87. The van der Waals surface area contributed by atoms with E-state index in [-0.39, 0.29) is 17.8 Å². The van der Waals surface area contributed by atoms with Gasteiger partial charge in [-0.15, -0.1) is 0 Å². The van der Waals surface area contributed by atoms with Crippen LogP contribution >= 0.6 is 0 Å². The lowest BCUT2D eigenvalue weighted by Gasteiger charge is -2.41. The molecule has 202 valence electrons. The molecule has 7 nitrogen and oxygen atoms in total. The summed E-state index contributed by atoms with van der Waals surface area (Å²) < 4.78 is 11.2. The molecule has 2 aromatic rings. The van der Waals surface area contributed by atoms with Gasteiger partial charge in [0.05, 0.1) is 24.3 Å². The molecule has 1 aliphatic heterocycles. The molecule has 3 rings (SSSR count). The molecule has 0 radical (unpaired) electrons. The quantitative estimate of drug-likeness (QED) is 0.433. The molecule has 0 bridgehead atoms. The van der Waals surface area contributed by atoms with Crippen LogP contribution in [0.2, 0.25) is 0 Å². The van der Waals surface area contributed by atoms with E-state index in [2.05, 4.69) is 18.7 Å². The largest absolute Gasteiger partial charge is 0.479 e. The number of carboxylic acid groups (broad SMARTS) is 1. The molecule has 7 heteroatoms. The van der Waals surface area contributed by atoms with Crippen molar-refractivity contribution < 1.29 is 24.2 Å². The smallest absolute Gasteiger partial charge is 0.337 e. The Bertz CT molecular complexity index is 1120. The van der Waals surface area contributed by atoms with Crippen LogP contribution in [0.25, 0.3) is 11.1 Å². The Labute approximate surface area is 221 Å². The van der Waals surface area contributed by atoms with Gasteiger partial charge in [0.2, 0.25) is 0 Å². The molecule has 0 spiro atoms. The second kappa shape index (κ2) is 11.2. The number of esters is 1. The Morgan fingerprint density at radius 3 is 2.19 bits per heavy atom. The van der Waals surface area contributed by atoms with E-state index < -0.39 is 17.7 Å². The number of benzene rings is 1. The van der Waals surface area contributed by atoms with E-state index in [0.29, 0.717) is 17.9 Å². The van der Waals surface area contributed by atoms with Crippen molar-refractivity contribution >= 4 is 17.6 Å². The van der Waals surface area contributed by atoms with Gasteiger partial charge in [-0.25, -0.2) is 4.79 Å². The molecule has 0 amide bonds. The first kappa shape index (κ1) is 28.6. The summed E-state index contributed by atoms with van der Waals surface area (Å²) in [6.07, 6.45) is 1.06. The average molecular weight is 511 g/mol. The number of aryl methyl sites for hydroxylation is 2. The molecule has 1 aliphatic rings. The van der Waals surface area contributed by atoms with Crippen LogP contribution in [0.3, 0.4) is 0 Å². The highest BCUT2D eigenvalue weighted by Gasteiger charge is 2.36. The Morgan fingerprint density at radius 2 is 1.68 bits per heavy atom. The lowest BCUT2D eigenvalue weighted by Crippen LogP contribution is -2.39. The predicted octanol–water partition coefficient (Wildman–Crippen LogP) is 6.04. The van der Waals surface area contributed by atoms with E-state index in [4.69, 9.17) is 14.5 Å². The topological polar surface area (TPSA) is 89.0 Å². The van der Waals surface area contributed by atoms with Gasteiger partial charge in [-0.1, -0.05) is 38.1 Å². The van der Waals surface area contributed by atoms with Gasteiger partial charge >= 0.3 is 11.9 Å². The minimum atomic E-state index is -1.15. The molecule has 1 aromatic heterocycles. The first-order chi connectivity index (χ1) is 17.2. The summed E-state index contributed by atoms with van der Waals surface area (Å²) in [5.74, 6) is -1.29. The maximum absolute atomic E-state index is 12.6. The number of piperidine rings is 1. The van der Waals surface area contributed by atoms with Crippen LogP contribution in [0.5, 0.6) is 0 Å². The molecule has 1 N–H and O–H groups in total. The molecule has 0 unspecified atom stereocenters. The summed E-state index contributed by atoms with van der Waals surface area (Å²) in [6, 6.07) is 7.81. The third-order valence-electron chi connectivity index (χ3n) is 6.87. The fraction of sp³-hybridized carbons (Fsp3) is 0.567. The van der Waals surface area contributed by atoms with Crippen molar-refractivity contribution in [3.63, 3.8) is 0 Å². The second-order valence-corrected chi connectivity index (χ2v) is 11.7. The predicted molar refractivity (Wildman–Crippen MR) is 146 cm³/mol. The van der Waals surface area contributed by atoms with Gasteiger partial charge in [-0.2, -0.15) is 0 Å². The van der Waals surface area contributed by atoms with E-state index in [0.717, 1.165) is 54.0 Å². The number of nitrogens with zero attached hydrogens (tertiary/aromatic N) is 2. The van der Waals surface area contributed by atoms with Crippen LogP contribution < -0.4 is 4.90 Å². The zero-order valence-corrected chi connectivity index (χ0v) is 23.6. The lowest BCUT2D eigenvalue weighted by molar-refractivity contribution is -0.160. The summed E-state index contributed by atoms with van der Waals surface area (Å²) in [5, 5.41) is 10.3. The molecule has 0 saturated carbocycles. The molecular weight excluding hydrogens is 468 g/mol. The Balaban J connectivity index is 2.19. The Morgan fingerprint density at radius 1 is 1.08 bits per heavy atom. The molecule has 37 heavy (non-hydrogen) atoms. The number of hydrogen-bond donors (Lipinski definition) is 1. The molecular formula is C30H42N2O5. The fourth-order valence-electron chi connectivity index (χ4n) is 4.92. The van der Waals surface area contributed by atoms with Crippen LogP contribution in [0.15, 0.2) is 24.3 Å². The van der Waals surface area contributed by atoms with Crippen molar-refractivity contribution in [3.8, 4) is 11.1 Å². The molecule has 2 heterocycles. The summed E-state index contributed by atoms with van der Waals surface area (Å²) in [6.45, 7) is 17.8. The van der Waals surface area contributed by atoms with E-state index in [1.54, 1.807) is 6.92 Å². The maximum Gasteiger partial charge on any atom is 0.337 e.